The van der Waals surface area contributed by atoms with Crippen LogP contribution in [0.3, 0.4) is 0 Å². The van der Waals surface area contributed by atoms with E-state index in [-0.39, 0.29) is 24.2 Å². The third-order valence-electron chi connectivity index (χ3n) is 5.90. The van der Waals surface area contributed by atoms with Crippen molar-refractivity contribution in [3.8, 4) is 11.5 Å². The molecule has 1 aromatic carbocycles. The molecule has 1 saturated heterocycles. The molecule has 2 fully saturated rings. The summed E-state index contributed by atoms with van der Waals surface area (Å²) in [6, 6.07) is 4.80. The van der Waals surface area contributed by atoms with E-state index in [2.05, 4.69) is 5.32 Å². The van der Waals surface area contributed by atoms with Gasteiger partial charge in [0, 0.05) is 24.8 Å². The Hall–Kier alpha value is -1.99. The summed E-state index contributed by atoms with van der Waals surface area (Å²) in [6.07, 6.45) is 2.58. The van der Waals surface area contributed by atoms with Crippen molar-refractivity contribution < 1.29 is 24.2 Å². The fraction of sp³-hybridized carbons (Fsp3) is 0.579. The molecule has 2 N–H and O–H groups in total. The quantitative estimate of drug-likeness (QED) is 0.765. The fourth-order valence-electron chi connectivity index (χ4n) is 4.30. The summed E-state index contributed by atoms with van der Waals surface area (Å²) in [5, 5.41) is 12.6. The van der Waals surface area contributed by atoms with Crippen LogP contribution in [0.15, 0.2) is 18.2 Å². The number of hydrogen-bond donors (Lipinski definition) is 2. The zero-order chi connectivity index (χ0) is 18.9. The highest BCUT2D eigenvalue weighted by atomic mass is 35.5. The summed E-state index contributed by atoms with van der Waals surface area (Å²) < 4.78 is 10.5. The van der Waals surface area contributed by atoms with Crippen molar-refractivity contribution in [2.45, 2.75) is 32.2 Å². The number of aliphatic carboxylic acids is 1. The molecule has 1 aliphatic carbocycles. The fourth-order valence-corrected chi connectivity index (χ4v) is 4.30. The average Bonchev–Trinajstić information content (AvgIpc) is 3.19. The SMILES string of the molecule is COc1ccc(NC(=O)C(C)N2C[C@@H]3CCC[C@@]3(C(=O)O)C2)cc1OC.Cl. The highest BCUT2D eigenvalue weighted by molar-refractivity contribution is 5.95. The Bertz CT molecular complexity index is 713. The van der Waals surface area contributed by atoms with E-state index in [1.807, 2.05) is 11.8 Å². The van der Waals surface area contributed by atoms with Gasteiger partial charge in [0.25, 0.3) is 0 Å². The third-order valence-corrected chi connectivity index (χ3v) is 5.90. The predicted octanol–water partition coefficient (Wildman–Crippen LogP) is 2.64. The normalized spacial score (nSPS) is 25.2. The maximum absolute atomic E-state index is 12.7. The number of halogens is 1. The zero-order valence-corrected chi connectivity index (χ0v) is 16.7. The molecule has 1 aliphatic heterocycles. The van der Waals surface area contributed by atoms with Crippen molar-refractivity contribution in [2.75, 3.05) is 32.6 Å². The van der Waals surface area contributed by atoms with Crippen LogP contribution in [-0.2, 0) is 9.59 Å². The Morgan fingerprint density at radius 2 is 2.00 bits per heavy atom. The van der Waals surface area contributed by atoms with E-state index in [0.29, 0.717) is 36.7 Å². The molecule has 0 radical (unpaired) electrons. The van der Waals surface area contributed by atoms with Crippen LogP contribution < -0.4 is 14.8 Å². The Kier molecular flexibility index (Phi) is 6.59. The topological polar surface area (TPSA) is 88.1 Å². The molecular formula is C19H27ClN2O5. The van der Waals surface area contributed by atoms with E-state index in [1.165, 1.54) is 0 Å². The van der Waals surface area contributed by atoms with Crippen molar-refractivity contribution >= 4 is 30.0 Å². The highest BCUT2D eigenvalue weighted by Crippen LogP contribution is 2.49. The number of ether oxygens (including phenoxy) is 2. The lowest BCUT2D eigenvalue weighted by Gasteiger charge is -2.26. The molecule has 0 aromatic heterocycles. The first-order valence-electron chi connectivity index (χ1n) is 8.91. The molecule has 1 amide bonds. The van der Waals surface area contributed by atoms with E-state index in [4.69, 9.17) is 9.47 Å². The van der Waals surface area contributed by atoms with Crippen molar-refractivity contribution in [1.82, 2.24) is 4.90 Å². The lowest BCUT2D eigenvalue weighted by molar-refractivity contribution is -0.149. The summed E-state index contributed by atoms with van der Waals surface area (Å²) in [5.41, 5.74) is -0.0652. The predicted molar refractivity (Wildman–Crippen MR) is 104 cm³/mol. The van der Waals surface area contributed by atoms with Crippen molar-refractivity contribution in [1.29, 1.82) is 0 Å². The third kappa shape index (κ3) is 3.84. The number of nitrogens with one attached hydrogen (secondary N) is 1. The largest absolute Gasteiger partial charge is 0.493 e. The van der Waals surface area contributed by atoms with Crippen LogP contribution in [-0.4, -0.2) is 55.2 Å². The van der Waals surface area contributed by atoms with Crippen LogP contribution in [0.2, 0.25) is 0 Å². The summed E-state index contributed by atoms with van der Waals surface area (Å²) in [4.78, 5) is 26.5. The van der Waals surface area contributed by atoms with Crippen molar-refractivity contribution in [3.05, 3.63) is 18.2 Å². The van der Waals surface area contributed by atoms with Gasteiger partial charge in [-0.15, -0.1) is 12.4 Å². The molecule has 1 saturated carbocycles. The van der Waals surface area contributed by atoms with Gasteiger partial charge in [0.1, 0.15) is 0 Å². The first kappa shape index (κ1) is 21.3. The maximum atomic E-state index is 12.7. The molecule has 150 valence electrons. The Morgan fingerprint density at radius 1 is 1.30 bits per heavy atom. The standard InChI is InChI=1S/C19H26N2O5.ClH/c1-12(21-10-13-5-4-8-19(13,11-21)18(23)24)17(22)20-14-6-7-15(25-2)16(9-14)26-3;/h6-7,9,12-13H,4-5,8,10-11H2,1-3H3,(H,20,22)(H,23,24);1H/t12?,13-,19+;/m0./s1. The van der Waals surface area contributed by atoms with Crippen LogP contribution in [0, 0.1) is 11.3 Å². The highest BCUT2D eigenvalue weighted by Gasteiger charge is 2.55. The van der Waals surface area contributed by atoms with E-state index in [0.717, 1.165) is 12.8 Å². The van der Waals surface area contributed by atoms with Crippen LogP contribution in [0.4, 0.5) is 5.69 Å². The summed E-state index contributed by atoms with van der Waals surface area (Å²) in [7, 11) is 3.10. The van der Waals surface area contributed by atoms with Crippen LogP contribution in [0.5, 0.6) is 11.5 Å². The molecule has 3 rings (SSSR count). The molecule has 1 unspecified atom stereocenters. The first-order valence-corrected chi connectivity index (χ1v) is 8.91. The van der Waals surface area contributed by atoms with Gasteiger partial charge in [-0.2, -0.15) is 0 Å². The molecule has 3 atom stereocenters. The lowest BCUT2D eigenvalue weighted by Crippen LogP contribution is -2.43. The van der Waals surface area contributed by atoms with E-state index >= 15 is 0 Å². The minimum atomic E-state index is -0.727. The van der Waals surface area contributed by atoms with E-state index in [1.54, 1.807) is 32.4 Å². The number of rotatable bonds is 6. The van der Waals surface area contributed by atoms with Crippen molar-refractivity contribution in [2.24, 2.45) is 11.3 Å². The lowest BCUT2D eigenvalue weighted by atomic mass is 9.81. The maximum Gasteiger partial charge on any atom is 0.311 e. The summed E-state index contributed by atoms with van der Waals surface area (Å²) in [6.45, 7) is 2.92. The number of carboxylic acids is 1. The Balaban J connectivity index is 0.00000261. The van der Waals surface area contributed by atoms with Crippen LogP contribution in [0.1, 0.15) is 26.2 Å². The molecule has 0 bridgehead atoms. The monoisotopic (exact) mass is 398 g/mol. The minimum absolute atomic E-state index is 0. The number of amides is 1. The molecule has 7 nitrogen and oxygen atoms in total. The second kappa shape index (κ2) is 8.35. The van der Waals surface area contributed by atoms with Gasteiger partial charge in [-0.3, -0.25) is 14.5 Å². The second-order valence-electron chi connectivity index (χ2n) is 7.21. The summed E-state index contributed by atoms with van der Waals surface area (Å²) in [5.74, 6) is 0.386. The number of carboxylic acid groups (broad SMARTS) is 1. The van der Waals surface area contributed by atoms with Crippen LogP contribution in [0.25, 0.3) is 0 Å². The van der Waals surface area contributed by atoms with Gasteiger partial charge < -0.3 is 19.9 Å². The Labute approximate surface area is 165 Å². The molecule has 27 heavy (non-hydrogen) atoms. The van der Waals surface area contributed by atoms with Gasteiger partial charge in [-0.1, -0.05) is 6.42 Å². The Morgan fingerprint density at radius 3 is 2.59 bits per heavy atom. The van der Waals surface area contributed by atoms with E-state index in [9.17, 15) is 14.7 Å². The zero-order valence-electron chi connectivity index (χ0n) is 15.9. The van der Waals surface area contributed by atoms with Gasteiger partial charge in [-0.25, -0.2) is 0 Å². The van der Waals surface area contributed by atoms with Gasteiger partial charge in [0.2, 0.25) is 5.91 Å². The first-order chi connectivity index (χ1) is 12.4. The second-order valence-corrected chi connectivity index (χ2v) is 7.21. The number of hydrogen-bond acceptors (Lipinski definition) is 5. The number of nitrogens with zero attached hydrogens (tertiary/aromatic N) is 1. The molecule has 1 heterocycles. The molecular weight excluding hydrogens is 372 g/mol. The van der Waals surface area contributed by atoms with Gasteiger partial charge in [0.05, 0.1) is 25.7 Å². The van der Waals surface area contributed by atoms with Gasteiger partial charge in [0.15, 0.2) is 11.5 Å². The van der Waals surface area contributed by atoms with E-state index < -0.39 is 17.4 Å². The van der Waals surface area contributed by atoms with Gasteiger partial charge >= 0.3 is 5.97 Å². The molecule has 1 aromatic rings. The number of anilines is 1. The minimum Gasteiger partial charge on any atom is -0.493 e. The smallest absolute Gasteiger partial charge is 0.311 e. The van der Waals surface area contributed by atoms with Crippen LogP contribution >= 0.6 is 12.4 Å². The molecule has 2 aliphatic rings. The molecule has 0 spiro atoms. The summed E-state index contributed by atoms with van der Waals surface area (Å²) >= 11 is 0. The number of fused-ring (bicyclic) bond motifs is 1. The van der Waals surface area contributed by atoms with Gasteiger partial charge in [-0.05, 0) is 37.8 Å². The number of benzene rings is 1. The number of likely N-dealkylation sites (tertiary alicyclic amines) is 1. The number of methoxy groups -OCH3 is 2. The van der Waals surface area contributed by atoms with Crippen molar-refractivity contribution in [3.63, 3.8) is 0 Å². The number of carbonyl (C=O) groups is 2. The molecule has 8 heteroatoms. The number of carbonyl (C=O) groups excluding carboxylic acids is 1. The average molecular weight is 399 g/mol.